The standard InChI is InChI=1S/C7H4BrClF2S/c1-12-7-3(9)2-4(10)5(8)6(7)11/h2H,1H3. The molecule has 0 amide bonds. The van der Waals surface area contributed by atoms with E-state index in [1.54, 1.807) is 6.26 Å². The van der Waals surface area contributed by atoms with Crippen LogP contribution in [0.1, 0.15) is 0 Å². The Bertz CT molecular complexity index is 317. The van der Waals surface area contributed by atoms with Crippen LogP contribution in [-0.2, 0) is 0 Å². The molecule has 0 heterocycles. The minimum Gasteiger partial charge on any atom is -0.206 e. The highest BCUT2D eigenvalue weighted by Gasteiger charge is 2.14. The lowest BCUT2D eigenvalue weighted by Crippen LogP contribution is -1.88. The van der Waals surface area contributed by atoms with Crippen LogP contribution in [0, 0.1) is 11.6 Å². The quantitative estimate of drug-likeness (QED) is 0.422. The molecule has 5 heteroatoms. The molecule has 0 spiro atoms. The Morgan fingerprint density at radius 2 is 2.08 bits per heavy atom. The van der Waals surface area contributed by atoms with E-state index in [1.807, 2.05) is 0 Å². The van der Waals surface area contributed by atoms with E-state index in [-0.39, 0.29) is 14.4 Å². The number of halogens is 4. The SMILES string of the molecule is CSc1c(Cl)cc(F)c(Br)c1F. The van der Waals surface area contributed by atoms with Gasteiger partial charge in [0.05, 0.1) is 14.4 Å². The van der Waals surface area contributed by atoms with Crippen LogP contribution in [0.5, 0.6) is 0 Å². The molecular weight excluding hydrogens is 269 g/mol. The van der Waals surface area contributed by atoms with Crippen molar-refractivity contribution < 1.29 is 8.78 Å². The van der Waals surface area contributed by atoms with Crippen molar-refractivity contribution in [2.75, 3.05) is 6.26 Å². The third-order valence-corrected chi connectivity index (χ3v) is 3.22. The van der Waals surface area contributed by atoms with Gasteiger partial charge in [0.15, 0.2) is 5.82 Å². The monoisotopic (exact) mass is 272 g/mol. The molecule has 0 aromatic heterocycles. The molecule has 0 aliphatic heterocycles. The van der Waals surface area contributed by atoms with Crippen LogP contribution >= 0.6 is 39.3 Å². The van der Waals surface area contributed by atoms with Gasteiger partial charge in [0, 0.05) is 0 Å². The topological polar surface area (TPSA) is 0 Å². The van der Waals surface area contributed by atoms with E-state index in [0.29, 0.717) is 0 Å². The maximum Gasteiger partial charge on any atom is 0.155 e. The van der Waals surface area contributed by atoms with Gasteiger partial charge in [-0.1, -0.05) is 11.6 Å². The molecule has 0 nitrogen and oxygen atoms in total. The Kier molecular flexibility index (Phi) is 3.37. The molecular formula is C7H4BrClF2S. The van der Waals surface area contributed by atoms with Crippen LogP contribution in [0.15, 0.2) is 15.4 Å². The summed E-state index contributed by atoms with van der Waals surface area (Å²) in [7, 11) is 0. The second-order valence-electron chi connectivity index (χ2n) is 2.00. The van der Waals surface area contributed by atoms with Gasteiger partial charge in [-0.05, 0) is 28.3 Å². The van der Waals surface area contributed by atoms with Crippen molar-refractivity contribution >= 4 is 39.3 Å². The second kappa shape index (κ2) is 3.94. The molecule has 0 atom stereocenters. The van der Waals surface area contributed by atoms with Crippen LogP contribution in [0.4, 0.5) is 8.78 Å². The molecule has 0 fully saturated rings. The first-order valence-corrected chi connectivity index (χ1v) is 5.34. The van der Waals surface area contributed by atoms with Gasteiger partial charge in [0.25, 0.3) is 0 Å². The Morgan fingerprint density at radius 1 is 1.50 bits per heavy atom. The zero-order valence-corrected chi connectivity index (χ0v) is 9.16. The number of hydrogen-bond donors (Lipinski definition) is 0. The molecule has 1 aromatic rings. The number of benzene rings is 1. The molecule has 0 bridgehead atoms. The highest BCUT2D eigenvalue weighted by atomic mass is 79.9. The summed E-state index contributed by atoms with van der Waals surface area (Å²) in [5, 5.41) is 0.0979. The molecule has 66 valence electrons. The summed E-state index contributed by atoms with van der Waals surface area (Å²) < 4.78 is 25.7. The van der Waals surface area contributed by atoms with Crippen molar-refractivity contribution in [3.05, 3.63) is 27.2 Å². The van der Waals surface area contributed by atoms with Crippen LogP contribution in [0.3, 0.4) is 0 Å². The van der Waals surface area contributed by atoms with Crippen LogP contribution < -0.4 is 0 Å². The predicted octanol–water partition coefficient (Wildman–Crippen LogP) is 4.10. The van der Waals surface area contributed by atoms with Crippen LogP contribution in [-0.4, -0.2) is 6.26 Å². The zero-order valence-electron chi connectivity index (χ0n) is 6.00. The van der Waals surface area contributed by atoms with E-state index in [9.17, 15) is 8.78 Å². The number of hydrogen-bond acceptors (Lipinski definition) is 1. The van der Waals surface area contributed by atoms with Crippen molar-refractivity contribution in [3.63, 3.8) is 0 Å². The lowest BCUT2D eigenvalue weighted by Gasteiger charge is -2.04. The van der Waals surface area contributed by atoms with Crippen LogP contribution in [0.2, 0.25) is 5.02 Å². The van der Waals surface area contributed by atoms with Crippen molar-refractivity contribution in [1.82, 2.24) is 0 Å². The molecule has 0 aliphatic carbocycles. The fourth-order valence-corrected chi connectivity index (χ4v) is 2.13. The Balaban J connectivity index is 3.40. The first-order chi connectivity index (χ1) is 5.57. The normalized spacial score (nSPS) is 10.4. The molecule has 0 radical (unpaired) electrons. The minimum atomic E-state index is -0.685. The maximum atomic E-state index is 13.1. The highest BCUT2D eigenvalue weighted by molar-refractivity contribution is 9.10. The maximum absolute atomic E-state index is 13.1. The van der Waals surface area contributed by atoms with E-state index >= 15 is 0 Å². The summed E-state index contributed by atoms with van der Waals surface area (Å²) in [4.78, 5) is 0.255. The third-order valence-electron chi connectivity index (χ3n) is 1.28. The Hall–Kier alpha value is 0.200. The lowest BCUT2D eigenvalue weighted by molar-refractivity contribution is 0.554. The first kappa shape index (κ1) is 10.3. The van der Waals surface area contributed by atoms with Crippen molar-refractivity contribution in [2.24, 2.45) is 0 Å². The van der Waals surface area contributed by atoms with E-state index < -0.39 is 11.6 Å². The summed E-state index contributed by atoms with van der Waals surface area (Å²) in [6.07, 6.45) is 1.68. The van der Waals surface area contributed by atoms with Gasteiger partial charge in [-0.3, -0.25) is 0 Å². The van der Waals surface area contributed by atoms with Gasteiger partial charge in [0.2, 0.25) is 0 Å². The van der Waals surface area contributed by atoms with E-state index in [1.165, 1.54) is 0 Å². The van der Waals surface area contributed by atoms with E-state index in [0.717, 1.165) is 17.8 Å². The van der Waals surface area contributed by atoms with E-state index in [4.69, 9.17) is 11.6 Å². The summed E-state index contributed by atoms with van der Waals surface area (Å²) in [6.45, 7) is 0. The van der Waals surface area contributed by atoms with Crippen molar-refractivity contribution in [2.45, 2.75) is 4.90 Å². The van der Waals surface area contributed by atoms with Gasteiger partial charge in [0.1, 0.15) is 5.82 Å². The molecule has 0 aliphatic rings. The largest absolute Gasteiger partial charge is 0.206 e. The minimum absolute atomic E-state index is 0.0979. The highest BCUT2D eigenvalue weighted by Crippen LogP contribution is 2.34. The third kappa shape index (κ3) is 1.75. The van der Waals surface area contributed by atoms with E-state index in [2.05, 4.69) is 15.9 Å². The van der Waals surface area contributed by atoms with Gasteiger partial charge in [-0.15, -0.1) is 11.8 Å². The van der Waals surface area contributed by atoms with Gasteiger partial charge >= 0.3 is 0 Å². The first-order valence-electron chi connectivity index (χ1n) is 2.95. The average Bonchev–Trinajstić information content (AvgIpc) is 2.01. The summed E-state index contributed by atoms with van der Waals surface area (Å²) >= 11 is 9.51. The number of thioether (sulfide) groups is 1. The van der Waals surface area contributed by atoms with Gasteiger partial charge < -0.3 is 0 Å². The summed E-state index contributed by atoms with van der Waals surface area (Å²) in [5.41, 5.74) is 0. The zero-order chi connectivity index (χ0) is 9.30. The molecule has 1 rings (SSSR count). The van der Waals surface area contributed by atoms with Crippen molar-refractivity contribution in [3.8, 4) is 0 Å². The molecule has 0 saturated heterocycles. The van der Waals surface area contributed by atoms with Gasteiger partial charge in [-0.25, -0.2) is 8.78 Å². The summed E-state index contributed by atoms with van der Waals surface area (Å²) in [6, 6.07) is 1.08. The Labute approximate surface area is 86.4 Å². The predicted molar refractivity (Wildman–Crippen MR) is 50.8 cm³/mol. The molecule has 0 N–H and O–H groups in total. The second-order valence-corrected chi connectivity index (χ2v) is 4.02. The molecule has 12 heavy (non-hydrogen) atoms. The van der Waals surface area contributed by atoms with Crippen molar-refractivity contribution in [1.29, 1.82) is 0 Å². The number of rotatable bonds is 1. The smallest absolute Gasteiger partial charge is 0.155 e. The summed E-state index contributed by atoms with van der Waals surface area (Å²) in [5.74, 6) is -1.33. The fourth-order valence-electron chi connectivity index (χ4n) is 0.737. The van der Waals surface area contributed by atoms with Gasteiger partial charge in [-0.2, -0.15) is 0 Å². The molecule has 0 saturated carbocycles. The lowest BCUT2D eigenvalue weighted by atomic mass is 10.3. The fraction of sp³-hybridized carbons (Fsp3) is 0.143. The Morgan fingerprint density at radius 3 is 2.58 bits per heavy atom. The molecule has 1 aromatic carbocycles. The molecule has 0 unspecified atom stereocenters. The average molecular weight is 274 g/mol. The van der Waals surface area contributed by atoms with Crippen LogP contribution in [0.25, 0.3) is 0 Å².